The Morgan fingerprint density at radius 3 is 0.612 bits per heavy atom. The number of halogens is 2. The van der Waals surface area contributed by atoms with E-state index in [1.54, 1.807) is 0 Å². The molecule has 8 N–H and O–H groups in total. The minimum absolute atomic E-state index is 0. The van der Waals surface area contributed by atoms with Crippen molar-refractivity contribution in [2.24, 2.45) is 11.5 Å². The van der Waals surface area contributed by atoms with Gasteiger partial charge in [0.15, 0.2) is 11.1 Å². The fourth-order valence-electron chi connectivity index (χ4n) is 6.15. The van der Waals surface area contributed by atoms with Gasteiger partial charge in [-0.3, -0.25) is 21.5 Å². The highest BCUT2D eigenvalue weighted by molar-refractivity contribution is 5.72. The molecule has 6 rings (SSSR count). The molecule has 0 amide bonds. The summed E-state index contributed by atoms with van der Waals surface area (Å²) >= 11 is 0. The van der Waals surface area contributed by atoms with Crippen molar-refractivity contribution in [2.75, 3.05) is 0 Å². The molecule has 0 radical (unpaired) electrons. The molecule has 0 atom stereocenters. The molecule has 0 heterocycles. The normalized spacial score (nSPS) is 11.4. The molecule has 0 fully saturated rings. The summed E-state index contributed by atoms with van der Waals surface area (Å²) in [5.74, 6) is 1.36. The van der Waals surface area contributed by atoms with E-state index in [1.165, 1.54) is 0 Å². The van der Waals surface area contributed by atoms with E-state index in [1.807, 2.05) is 50.2 Å². The number of benzene rings is 6. The van der Waals surface area contributed by atoms with Gasteiger partial charge in [0.25, 0.3) is 0 Å². The highest BCUT2D eigenvalue weighted by Gasteiger charge is 2.39. The molecule has 0 aliphatic rings. The fraction of sp³-hybridized carbons (Fsp3) is 0.0952. The molecule has 7 heteroatoms. The van der Waals surface area contributed by atoms with Gasteiger partial charge < -0.3 is 30.3 Å². The van der Waals surface area contributed by atoms with Crippen molar-refractivity contribution in [2.45, 2.75) is 24.9 Å². The van der Waals surface area contributed by atoms with Crippen LogP contribution < -0.4 is 46.3 Å². The summed E-state index contributed by atoms with van der Waals surface area (Å²) in [5.41, 5.74) is 18.1. The second kappa shape index (κ2) is 19.0. The highest BCUT2D eigenvalue weighted by atomic mass is 35.5. The number of nitrogens with one attached hydrogen (secondary N) is 2. The zero-order chi connectivity index (χ0) is 32.2. The minimum Gasteiger partial charge on any atom is -1.00 e. The van der Waals surface area contributed by atoms with E-state index in [0.717, 1.165) is 33.4 Å². The van der Waals surface area contributed by atoms with Crippen LogP contribution in [0.3, 0.4) is 0 Å². The summed E-state index contributed by atoms with van der Waals surface area (Å²) in [7, 11) is 0. The van der Waals surface area contributed by atoms with Crippen LogP contribution in [0.15, 0.2) is 182 Å². The number of hydrogen-bond acceptors (Lipinski definition) is 0. The van der Waals surface area contributed by atoms with Gasteiger partial charge in [0.1, 0.15) is 0 Å². The average molecular weight is 692 g/mol. The molecular formula is C42H44Cl2N4O. The Morgan fingerprint density at radius 1 is 0.347 bits per heavy atom. The topological polar surface area (TPSA) is 111 Å². The smallest absolute Gasteiger partial charge is 0.238 e. The predicted octanol–water partition coefficient (Wildman–Crippen LogP) is -1.94. The Hall–Kier alpha value is -5.20. The van der Waals surface area contributed by atoms with Crippen LogP contribution in [0.4, 0.5) is 0 Å². The Labute approximate surface area is 302 Å². The molecule has 5 nitrogen and oxygen atoms in total. The number of hydrogen-bond donors (Lipinski definition) is 4. The Kier molecular flexibility index (Phi) is 15.5. The lowest BCUT2D eigenvalue weighted by molar-refractivity contribution is -0.537. The molecule has 0 unspecified atom stereocenters. The summed E-state index contributed by atoms with van der Waals surface area (Å²) in [4.78, 5) is 7.07. The highest BCUT2D eigenvalue weighted by Crippen LogP contribution is 2.33. The van der Waals surface area contributed by atoms with Gasteiger partial charge in [0.2, 0.25) is 11.7 Å². The quantitative estimate of drug-likeness (QED) is 0.0847. The minimum atomic E-state index is -0.511. The monoisotopic (exact) mass is 690 g/mol. The van der Waals surface area contributed by atoms with Gasteiger partial charge in [-0.15, -0.1) is 0 Å². The van der Waals surface area contributed by atoms with E-state index < -0.39 is 11.1 Å². The van der Waals surface area contributed by atoms with Crippen LogP contribution in [0.1, 0.15) is 47.2 Å². The predicted molar refractivity (Wildman–Crippen MR) is 194 cm³/mol. The van der Waals surface area contributed by atoms with Gasteiger partial charge in [-0.05, 0) is 0 Å². The second-order valence-corrected chi connectivity index (χ2v) is 11.3. The molecule has 0 saturated carbocycles. The van der Waals surface area contributed by atoms with Crippen LogP contribution in [-0.4, -0.2) is 17.1 Å². The van der Waals surface area contributed by atoms with Crippen molar-refractivity contribution in [3.8, 4) is 0 Å². The van der Waals surface area contributed by atoms with Crippen LogP contribution in [0, 0.1) is 0 Å². The molecule has 0 aliphatic heterocycles. The van der Waals surface area contributed by atoms with E-state index >= 15 is 0 Å². The van der Waals surface area contributed by atoms with Crippen molar-refractivity contribution < 1.29 is 40.3 Å². The van der Waals surface area contributed by atoms with Crippen LogP contribution in [-0.2, 0) is 11.1 Å². The van der Waals surface area contributed by atoms with Crippen molar-refractivity contribution in [1.82, 2.24) is 0 Å². The van der Waals surface area contributed by atoms with Crippen LogP contribution in [0.2, 0.25) is 0 Å². The SMILES string of the molecule is CC(N)=[NH+]C(c1ccccc1)(c1ccccc1)c1ccccc1.CC(N)=[NH+]C(c1ccccc1)(c1ccccc1)c1ccccc1.O.[Cl-].[Cl-]. The van der Waals surface area contributed by atoms with E-state index in [2.05, 4.69) is 156 Å². The van der Waals surface area contributed by atoms with Gasteiger partial charge in [-0.25, -0.2) is 0 Å². The summed E-state index contributed by atoms with van der Waals surface area (Å²) in [5, 5.41) is 0. The Balaban J connectivity index is 0.000000321. The molecule has 6 aromatic carbocycles. The fourth-order valence-corrected chi connectivity index (χ4v) is 6.15. The first kappa shape index (κ1) is 40.0. The lowest BCUT2D eigenvalue weighted by atomic mass is 9.77. The lowest BCUT2D eigenvalue weighted by Crippen LogP contribution is -3.00. The van der Waals surface area contributed by atoms with Gasteiger partial charge in [-0.2, -0.15) is 0 Å². The molecule has 0 spiro atoms. The van der Waals surface area contributed by atoms with Gasteiger partial charge in [0, 0.05) is 47.2 Å². The molecule has 0 saturated heterocycles. The molecule has 49 heavy (non-hydrogen) atoms. The second-order valence-electron chi connectivity index (χ2n) is 11.3. The van der Waals surface area contributed by atoms with Crippen LogP contribution in [0.5, 0.6) is 0 Å². The third-order valence-electron chi connectivity index (χ3n) is 8.01. The molecule has 0 aromatic heterocycles. The maximum absolute atomic E-state index is 6.10. The van der Waals surface area contributed by atoms with Crippen LogP contribution >= 0.6 is 0 Å². The Bertz CT molecular complexity index is 1510. The lowest BCUT2D eigenvalue weighted by Gasteiger charge is -2.30. The molecular weight excluding hydrogens is 647 g/mol. The molecule has 6 aromatic rings. The van der Waals surface area contributed by atoms with Crippen molar-refractivity contribution in [3.05, 3.63) is 215 Å². The average Bonchev–Trinajstić information content (AvgIpc) is 3.12. The van der Waals surface area contributed by atoms with Gasteiger partial charge in [-0.1, -0.05) is 182 Å². The van der Waals surface area contributed by atoms with E-state index in [-0.39, 0.29) is 30.3 Å². The van der Waals surface area contributed by atoms with Crippen molar-refractivity contribution >= 4 is 11.7 Å². The first-order chi connectivity index (χ1) is 22.5. The molecule has 0 bridgehead atoms. The number of amidine groups is 2. The molecule has 0 aliphatic carbocycles. The van der Waals surface area contributed by atoms with E-state index in [0.29, 0.717) is 11.7 Å². The zero-order valence-electron chi connectivity index (χ0n) is 27.7. The number of rotatable bonds is 8. The van der Waals surface area contributed by atoms with E-state index in [4.69, 9.17) is 11.5 Å². The maximum Gasteiger partial charge on any atom is 0.238 e. The van der Waals surface area contributed by atoms with Gasteiger partial charge in [0.05, 0.1) is 0 Å². The van der Waals surface area contributed by atoms with Crippen molar-refractivity contribution in [3.63, 3.8) is 0 Å². The summed E-state index contributed by atoms with van der Waals surface area (Å²) in [6.45, 7) is 3.78. The first-order valence-electron chi connectivity index (χ1n) is 15.5. The van der Waals surface area contributed by atoms with Gasteiger partial charge >= 0.3 is 0 Å². The third kappa shape index (κ3) is 9.04. The van der Waals surface area contributed by atoms with Crippen LogP contribution in [0.25, 0.3) is 0 Å². The summed E-state index contributed by atoms with van der Waals surface area (Å²) in [6.07, 6.45) is 0. The summed E-state index contributed by atoms with van der Waals surface area (Å²) in [6, 6.07) is 62.5. The summed E-state index contributed by atoms with van der Waals surface area (Å²) < 4.78 is 0. The van der Waals surface area contributed by atoms with Crippen molar-refractivity contribution in [1.29, 1.82) is 0 Å². The number of nitrogens with two attached hydrogens (primary N) is 2. The first-order valence-corrected chi connectivity index (χ1v) is 15.5. The standard InChI is InChI=1S/2C21H20N2.2ClH.H2O/c2*1-17(22)23-21(18-11-5-2-6-12-18,19-13-7-3-8-14-19)20-15-9-4-10-16-20;;;/h2*2-16H,1H3,(H2,22,23);2*1H;1H2. The Morgan fingerprint density at radius 2 is 0.490 bits per heavy atom. The largest absolute Gasteiger partial charge is 1.00 e. The molecule has 252 valence electrons. The van der Waals surface area contributed by atoms with E-state index in [9.17, 15) is 0 Å². The maximum atomic E-state index is 6.10. The third-order valence-corrected chi connectivity index (χ3v) is 8.01. The zero-order valence-corrected chi connectivity index (χ0v) is 29.2.